The first-order valence-corrected chi connectivity index (χ1v) is 6.09. The largest absolute Gasteiger partial charge is 0.334 e. The van der Waals surface area contributed by atoms with Gasteiger partial charge < -0.3 is 14.8 Å². The van der Waals surface area contributed by atoms with E-state index >= 15 is 0 Å². The van der Waals surface area contributed by atoms with Gasteiger partial charge in [-0.3, -0.25) is 0 Å². The number of rotatable bonds is 8. The predicted octanol–water partition coefficient (Wildman–Crippen LogP) is 0.987. The van der Waals surface area contributed by atoms with E-state index < -0.39 is 0 Å². The van der Waals surface area contributed by atoms with Crippen molar-refractivity contribution in [1.82, 2.24) is 19.8 Å². The number of hydrogen-bond donors (Lipinski definition) is 1. The van der Waals surface area contributed by atoms with Crippen molar-refractivity contribution in [1.29, 1.82) is 0 Å². The highest BCUT2D eigenvalue weighted by Crippen LogP contribution is 1.97. The third-order valence-electron chi connectivity index (χ3n) is 2.61. The SMILES string of the molecule is CCc1nccn1CCNCCCN(C)C. The maximum atomic E-state index is 4.30. The molecule has 0 spiro atoms. The van der Waals surface area contributed by atoms with Gasteiger partial charge in [-0.1, -0.05) is 6.92 Å². The highest BCUT2D eigenvalue weighted by molar-refractivity contribution is 4.91. The summed E-state index contributed by atoms with van der Waals surface area (Å²) in [5.41, 5.74) is 0. The van der Waals surface area contributed by atoms with Crippen LogP contribution in [0.4, 0.5) is 0 Å². The Kier molecular flexibility index (Phi) is 6.11. The second kappa shape index (κ2) is 7.41. The summed E-state index contributed by atoms with van der Waals surface area (Å²) in [6.07, 6.45) is 6.15. The van der Waals surface area contributed by atoms with Crippen LogP contribution in [0.15, 0.2) is 12.4 Å². The Labute approximate surface area is 98.7 Å². The lowest BCUT2D eigenvalue weighted by molar-refractivity contribution is 0.393. The van der Waals surface area contributed by atoms with Gasteiger partial charge >= 0.3 is 0 Å². The Bertz CT molecular complexity index is 280. The highest BCUT2D eigenvalue weighted by atomic mass is 15.1. The number of aromatic nitrogens is 2. The minimum Gasteiger partial charge on any atom is -0.334 e. The zero-order valence-electron chi connectivity index (χ0n) is 10.7. The van der Waals surface area contributed by atoms with Crippen molar-refractivity contribution >= 4 is 0 Å². The Morgan fingerprint density at radius 2 is 2.19 bits per heavy atom. The zero-order valence-corrected chi connectivity index (χ0v) is 10.7. The van der Waals surface area contributed by atoms with Gasteiger partial charge in [0.05, 0.1) is 0 Å². The zero-order chi connectivity index (χ0) is 11.8. The summed E-state index contributed by atoms with van der Waals surface area (Å²) in [5, 5.41) is 3.46. The van der Waals surface area contributed by atoms with Crippen LogP contribution in [-0.2, 0) is 13.0 Å². The molecule has 1 heterocycles. The Morgan fingerprint density at radius 1 is 1.38 bits per heavy atom. The molecule has 0 radical (unpaired) electrons. The summed E-state index contributed by atoms with van der Waals surface area (Å²) in [4.78, 5) is 6.52. The van der Waals surface area contributed by atoms with Crippen LogP contribution in [0, 0.1) is 0 Å². The van der Waals surface area contributed by atoms with Gasteiger partial charge in [0.25, 0.3) is 0 Å². The normalized spacial score (nSPS) is 11.2. The Balaban J connectivity index is 2.07. The van der Waals surface area contributed by atoms with E-state index in [4.69, 9.17) is 0 Å². The second-order valence-corrected chi connectivity index (χ2v) is 4.30. The molecule has 0 atom stereocenters. The van der Waals surface area contributed by atoms with Gasteiger partial charge in [-0.15, -0.1) is 0 Å². The minimum absolute atomic E-state index is 1.01. The van der Waals surface area contributed by atoms with Crippen LogP contribution in [0.2, 0.25) is 0 Å². The molecule has 0 aliphatic heterocycles. The summed E-state index contributed by atoms with van der Waals surface area (Å²) in [7, 11) is 4.22. The van der Waals surface area contributed by atoms with E-state index in [1.807, 2.05) is 6.20 Å². The quantitative estimate of drug-likeness (QED) is 0.668. The number of nitrogens with zero attached hydrogens (tertiary/aromatic N) is 3. The van der Waals surface area contributed by atoms with Gasteiger partial charge in [-0.05, 0) is 33.6 Å². The summed E-state index contributed by atoms with van der Waals surface area (Å²) in [6.45, 7) is 6.43. The predicted molar refractivity (Wildman–Crippen MR) is 67.6 cm³/mol. The maximum Gasteiger partial charge on any atom is 0.108 e. The third kappa shape index (κ3) is 4.77. The number of nitrogens with one attached hydrogen (secondary N) is 1. The average Bonchev–Trinajstić information content (AvgIpc) is 2.70. The maximum absolute atomic E-state index is 4.30. The molecule has 4 nitrogen and oxygen atoms in total. The Hall–Kier alpha value is -0.870. The molecule has 0 amide bonds. The molecule has 0 fully saturated rings. The van der Waals surface area contributed by atoms with Crippen molar-refractivity contribution in [2.24, 2.45) is 0 Å². The minimum atomic E-state index is 1.01. The van der Waals surface area contributed by atoms with Crippen molar-refractivity contribution in [3.63, 3.8) is 0 Å². The molecule has 0 bridgehead atoms. The van der Waals surface area contributed by atoms with E-state index in [0.717, 1.165) is 32.6 Å². The van der Waals surface area contributed by atoms with E-state index in [2.05, 4.69) is 47.0 Å². The van der Waals surface area contributed by atoms with Crippen LogP contribution < -0.4 is 5.32 Å². The monoisotopic (exact) mass is 224 g/mol. The molecular formula is C12H24N4. The van der Waals surface area contributed by atoms with Gasteiger partial charge in [-0.2, -0.15) is 0 Å². The summed E-state index contributed by atoms with van der Waals surface area (Å²) < 4.78 is 2.22. The van der Waals surface area contributed by atoms with E-state index in [1.165, 1.54) is 12.2 Å². The fourth-order valence-electron chi connectivity index (χ4n) is 1.70. The van der Waals surface area contributed by atoms with Gasteiger partial charge in [0.2, 0.25) is 0 Å². The molecule has 1 aromatic rings. The summed E-state index contributed by atoms with van der Waals surface area (Å²) >= 11 is 0. The fourth-order valence-corrected chi connectivity index (χ4v) is 1.70. The number of hydrogen-bond acceptors (Lipinski definition) is 3. The topological polar surface area (TPSA) is 33.1 Å². The summed E-state index contributed by atoms with van der Waals surface area (Å²) in [6, 6.07) is 0. The molecule has 1 aromatic heterocycles. The van der Waals surface area contributed by atoms with Crippen LogP contribution in [-0.4, -0.2) is 48.2 Å². The van der Waals surface area contributed by atoms with Crippen LogP contribution in [0.3, 0.4) is 0 Å². The summed E-state index contributed by atoms with van der Waals surface area (Å²) in [5.74, 6) is 1.18. The van der Waals surface area contributed by atoms with Crippen LogP contribution in [0.5, 0.6) is 0 Å². The molecule has 0 aromatic carbocycles. The molecule has 16 heavy (non-hydrogen) atoms. The van der Waals surface area contributed by atoms with Gasteiger partial charge in [0, 0.05) is 31.9 Å². The number of imidazole rings is 1. The number of aryl methyl sites for hydroxylation is 1. The Morgan fingerprint density at radius 3 is 2.88 bits per heavy atom. The molecule has 1 N–H and O–H groups in total. The van der Waals surface area contributed by atoms with E-state index in [0.29, 0.717) is 0 Å². The van der Waals surface area contributed by atoms with Gasteiger partial charge in [-0.25, -0.2) is 4.98 Å². The smallest absolute Gasteiger partial charge is 0.108 e. The first kappa shape index (κ1) is 13.2. The fraction of sp³-hybridized carbons (Fsp3) is 0.750. The first-order chi connectivity index (χ1) is 7.74. The molecule has 0 unspecified atom stereocenters. The van der Waals surface area contributed by atoms with E-state index in [1.54, 1.807) is 0 Å². The lowest BCUT2D eigenvalue weighted by Gasteiger charge is -2.10. The second-order valence-electron chi connectivity index (χ2n) is 4.30. The molecule has 0 aliphatic rings. The first-order valence-electron chi connectivity index (χ1n) is 6.09. The van der Waals surface area contributed by atoms with Crippen molar-refractivity contribution in [2.75, 3.05) is 33.7 Å². The van der Waals surface area contributed by atoms with E-state index in [-0.39, 0.29) is 0 Å². The van der Waals surface area contributed by atoms with Crippen molar-refractivity contribution in [3.8, 4) is 0 Å². The molecule has 0 saturated heterocycles. The molecular weight excluding hydrogens is 200 g/mol. The lowest BCUT2D eigenvalue weighted by atomic mass is 10.4. The average molecular weight is 224 g/mol. The molecule has 0 aliphatic carbocycles. The van der Waals surface area contributed by atoms with Gasteiger partial charge in [0.1, 0.15) is 5.82 Å². The molecule has 92 valence electrons. The molecule has 1 rings (SSSR count). The van der Waals surface area contributed by atoms with Crippen molar-refractivity contribution in [3.05, 3.63) is 18.2 Å². The van der Waals surface area contributed by atoms with Crippen LogP contribution in [0.1, 0.15) is 19.2 Å². The van der Waals surface area contributed by atoms with Crippen LogP contribution >= 0.6 is 0 Å². The molecule has 0 saturated carbocycles. The van der Waals surface area contributed by atoms with Crippen molar-refractivity contribution in [2.45, 2.75) is 26.3 Å². The van der Waals surface area contributed by atoms with E-state index in [9.17, 15) is 0 Å². The lowest BCUT2D eigenvalue weighted by Crippen LogP contribution is -2.24. The highest BCUT2D eigenvalue weighted by Gasteiger charge is 1.98. The van der Waals surface area contributed by atoms with Crippen molar-refractivity contribution < 1.29 is 0 Å². The standard InChI is InChI=1S/C12H24N4/c1-4-12-14-8-11-16(12)10-7-13-6-5-9-15(2)3/h8,11,13H,4-7,9-10H2,1-3H3. The van der Waals surface area contributed by atoms with Gasteiger partial charge in [0.15, 0.2) is 0 Å². The third-order valence-corrected chi connectivity index (χ3v) is 2.61. The van der Waals surface area contributed by atoms with Crippen LogP contribution in [0.25, 0.3) is 0 Å². The molecule has 4 heteroatoms.